The van der Waals surface area contributed by atoms with Gasteiger partial charge in [-0.05, 0) is 42.5 Å². The quantitative estimate of drug-likeness (QED) is 0.399. The fourth-order valence-electron chi connectivity index (χ4n) is 2.69. The zero-order chi connectivity index (χ0) is 21.1. The van der Waals surface area contributed by atoms with Crippen LogP contribution < -0.4 is 9.46 Å². The highest BCUT2D eigenvalue weighted by Crippen LogP contribution is 2.20. The lowest BCUT2D eigenvalue weighted by Gasteiger charge is -2.08. The molecule has 2 aromatic carbocycles. The Hall–Kier alpha value is -2.89. The summed E-state index contributed by atoms with van der Waals surface area (Å²) in [7, 11) is -3.64. The molecule has 0 aliphatic carbocycles. The van der Waals surface area contributed by atoms with Gasteiger partial charge in [-0.2, -0.15) is 4.52 Å². The molecule has 0 radical (unpaired) electrons. The number of aromatic nitrogens is 4. The summed E-state index contributed by atoms with van der Waals surface area (Å²) in [5.41, 5.74) is 0.993. The van der Waals surface area contributed by atoms with Crippen LogP contribution >= 0.6 is 15.9 Å². The molecule has 0 atom stereocenters. The van der Waals surface area contributed by atoms with Gasteiger partial charge >= 0.3 is 0 Å². The van der Waals surface area contributed by atoms with Gasteiger partial charge in [0.1, 0.15) is 12.4 Å². The Morgan fingerprint density at radius 1 is 1.07 bits per heavy atom. The number of nitrogens with one attached hydrogen (secondary N) is 1. The number of fused-ring (bicyclic) bond motifs is 1. The molecule has 0 amide bonds. The van der Waals surface area contributed by atoms with Crippen molar-refractivity contribution in [3.05, 3.63) is 71.0 Å². The molecule has 0 spiro atoms. The Morgan fingerprint density at radius 3 is 2.63 bits per heavy atom. The van der Waals surface area contributed by atoms with Crippen LogP contribution in [0.25, 0.3) is 17.0 Å². The molecular formula is C19H15BrFN5O3S. The van der Waals surface area contributed by atoms with Gasteiger partial charge < -0.3 is 4.74 Å². The van der Waals surface area contributed by atoms with Crippen molar-refractivity contribution >= 4 is 31.6 Å². The summed E-state index contributed by atoms with van der Waals surface area (Å²) >= 11 is 3.27. The first-order valence-corrected chi connectivity index (χ1v) is 11.1. The molecule has 2 heterocycles. The van der Waals surface area contributed by atoms with E-state index in [1.54, 1.807) is 36.4 Å². The van der Waals surface area contributed by atoms with Crippen LogP contribution in [0.5, 0.6) is 5.88 Å². The summed E-state index contributed by atoms with van der Waals surface area (Å²) in [4.78, 5) is 0.162. The van der Waals surface area contributed by atoms with Crippen molar-refractivity contribution in [3.8, 4) is 17.3 Å². The van der Waals surface area contributed by atoms with Gasteiger partial charge in [-0.3, -0.25) is 0 Å². The molecule has 30 heavy (non-hydrogen) atoms. The Kier molecular flexibility index (Phi) is 5.75. The maximum Gasteiger partial charge on any atom is 0.240 e. The van der Waals surface area contributed by atoms with Crippen molar-refractivity contribution in [2.75, 3.05) is 13.2 Å². The summed E-state index contributed by atoms with van der Waals surface area (Å²) in [5.74, 6) is 0.225. The second-order valence-corrected chi connectivity index (χ2v) is 8.86. The predicted molar refractivity (Wildman–Crippen MR) is 111 cm³/mol. The molecule has 0 saturated heterocycles. The zero-order valence-corrected chi connectivity index (χ0v) is 17.8. The number of hydrogen-bond acceptors (Lipinski definition) is 6. The molecule has 2 aromatic heterocycles. The molecule has 4 rings (SSSR count). The zero-order valence-electron chi connectivity index (χ0n) is 15.4. The van der Waals surface area contributed by atoms with Crippen LogP contribution in [0.4, 0.5) is 4.39 Å². The maximum absolute atomic E-state index is 13.5. The van der Waals surface area contributed by atoms with Crippen LogP contribution in [0, 0.1) is 5.82 Å². The second kappa shape index (κ2) is 8.46. The Labute approximate surface area is 179 Å². The normalized spacial score (nSPS) is 11.7. The Balaban J connectivity index is 1.43. The fourth-order valence-corrected chi connectivity index (χ4v) is 3.96. The summed E-state index contributed by atoms with van der Waals surface area (Å²) in [6.45, 7) is 0.114. The SMILES string of the molecule is O=S(=O)(NCCOc1ccc2nnc(-c3cccc(F)c3)n2n1)c1ccc(Br)cc1. The third-order valence-corrected chi connectivity index (χ3v) is 6.09. The fraction of sp³-hybridized carbons (Fsp3) is 0.105. The summed E-state index contributed by atoms with van der Waals surface area (Å²) in [6.07, 6.45) is 0. The number of halogens is 2. The van der Waals surface area contributed by atoms with E-state index in [0.717, 1.165) is 4.47 Å². The topological polar surface area (TPSA) is 98.5 Å². The molecule has 0 unspecified atom stereocenters. The monoisotopic (exact) mass is 491 g/mol. The van der Waals surface area contributed by atoms with E-state index >= 15 is 0 Å². The number of benzene rings is 2. The maximum atomic E-state index is 13.5. The van der Waals surface area contributed by atoms with Crippen LogP contribution in [0.3, 0.4) is 0 Å². The summed E-state index contributed by atoms with van der Waals surface area (Å²) in [5, 5.41) is 12.4. The van der Waals surface area contributed by atoms with Gasteiger partial charge in [-0.25, -0.2) is 17.5 Å². The second-order valence-electron chi connectivity index (χ2n) is 6.18. The van der Waals surface area contributed by atoms with Crippen LogP contribution in [0.1, 0.15) is 0 Å². The predicted octanol–water partition coefficient (Wildman–Crippen LogP) is 3.05. The third-order valence-electron chi connectivity index (χ3n) is 4.09. The number of nitrogens with zero attached hydrogens (tertiary/aromatic N) is 4. The molecule has 0 aliphatic heterocycles. The molecule has 0 fully saturated rings. The highest BCUT2D eigenvalue weighted by molar-refractivity contribution is 9.10. The number of hydrogen-bond donors (Lipinski definition) is 1. The molecule has 11 heteroatoms. The van der Waals surface area contributed by atoms with Gasteiger partial charge in [0, 0.05) is 22.6 Å². The number of rotatable bonds is 7. The smallest absolute Gasteiger partial charge is 0.240 e. The molecule has 1 N–H and O–H groups in total. The highest BCUT2D eigenvalue weighted by atomic mass is 79.9. The first-order valence-electron chi connectivity index (χ1n) is 8.79. The molecule has 0 bridgehead atoms. The van der Waals surface area contributed by atoms with Gasteiger partial charge in [-0.1, -0.05) is 28.1 Å². The van der Waals surface area contributed by atoms with Gasteiger partial charge in [0.2, 0.25) is 15.9 Å². The average Bonchev–Trinajstić information content (AvgIpc) is 3.15. The van der Waals surface area contributed by atoms with Crippen molar-refractivity contribution in [1.82, 2.24) is 24.5 Å². The van der Waals surface area contributed by atoms with Gasteiger partial charge in [0.05, 0.1) is 4.90 Å². The van der Waals surface area contributed by atoms with E-state index in [0.29, 0.717) is 17.0 Å². The van der Waals surface area contributed by atoms with Gasteiger partial charge in [0.15, 0.2) is 11.5 Å². The highest BCUT2D eigenvalue weighted by Gasteiger charge is 2.14. The minimum Gasteiger partial charge on any atom is -0.475 e. The lowest BCUT2D eigenvalue weighted by atomic mass is 10.2. The third kappa shape index (κ3) is 4.48. The van der Waals surface area contributed by atoms with Crippen LogP contribution in [-0.2, 0) is 10.0 Å². The van der Waals surface area contributed by atoms with Crippen molar-refractivity contribution in [3.63, 3.8) is 0 Å². The van der Waals surface area contributed by atoms with E-state index in [1.807, 2.05) is 0 Å². The summed E-state index contributed by atoms with van der Waals surface area (Å²) < 4.78 is 48.3. The van der Waals surface area contributed by atoms with Crippen molar-refractivity contribution in [2.24, 2.45) is 0 Å². The lowest BCUT2D eigenvalue weighted by molar-refractivity contribution is 0.306. The van der Waals surface area contributed by atoms with Crippen molar-refractivity contribution in [1.29, 1.82) is 0 Å². The van der Waals surface area contributed by atoms with E-state index in [2.05, 4.69) is 35.9 Å². The van der Waals surface area contributed by atoms with E-state index in [9.17, 15) is 12.8 Å². The molecule has 154 valence electrons. The standard InChI is InChI=1S/C19H15BrFN5O3S/c20-14-4-6-16(7-5-14)30(27,28)22-10-11-29-18-9-8-17-23-24-19(26(17)25-18)13-2-1-3-15(21)12-13/h1-9,12,22H,10-11H2. The van der Waals surface area contributed by atoms with Crippen molar-refractivity contribution < 1.29 is 17.5 Å². The first kappa shape index (κ1) is 20.4. The van der Waals surface area contributed by atoms with Crippen LogP contribution in [0.15, 0.2) is 70.0 Å². The van der Waals surface area contributed by atoms with E-state index in [4.69, 9.17) is 4.74 Å². The molecule has 0 aliphatic rings. The van der Waals surface area contributed by atoms with E-state index in [-0.39, 0.29) is 23.9 Å². The molecule has 4 aromatic rings. The van der Waals surface area contributed by atoms with Gasteiger partial charge in [0.25, 0.3) is 0 Å². The average molecular weight is 492 g/mol. The van der Waals surface area contributed by atoms with Crippen LogP contribution in [0.2, 0.25) is 0 Å². The number of sulfonamides is 1. The van der Waals surface area contributed by atoms with E-state index < -0.39 is 15.8 Å². The first-order chi connectivity index (χ1) is 14.4. The molecule has 8 nitrogen and oxygen atoms in total. The van der Waals surface area contributed by atoms with Crippen LogP contribution in [-0.4, -0.2) is 41.4 Å². The van der Waals surface area contributed by atoms with Gasteiger partial charge in [-0.15, -0.1) is 15.3 Å². The number of ether oxygens (including phenoxy) is 1. The Bertz CT molecular complexity index is 1300. The van der Waals surface area contributed by atoms with E-state index in [1.165, 1.54) is 28.8 Å². The van der Waals surface area contributed by atoms with Crippen molar-refractivity contribution in [2.45, 2.75) is 4.90 Å². The molecular weight excluding hydrogens is 477 g/mol. The summed E-state index contributed by atoms with van der Waals surface area (Å²) in [6, 6.07) is 15.5. The largest absolute Gasteiger partial charge is 0.475 e. The lowest BCUT2D eigenvalue weighted by Crippen LogP contribution is -2.28. The minimum absolute atomic E-state index is 0.0526. The Morgan fingerprint density at radius 2 is 1.87 bits per heavy atom. The molecule has 0 saturated carbocycles. The minimum atomic E-state index is -3.64.